The molecule has 4 rings (SSSR count). The molecule has 3 heterocycles. The van der Waals surface area contributed by atoms with E-state index in [0.29, 0.717) is 17.9 Å². The standard InChI is InChI=1S/C21H19N3O2/c25-20-16(11-12-18(23-20)17-9-4-5-13-22-17)21(26)24-14-6-10-19(24)15-7-2-1-3-8-15/h1-5,7-9,11-13,19H,6,10,14H2,(H,23,25). The van der Waals surface area contributed by atoms with Gasteiger partial charge in [-0.1, -0.05) is 36.4 Å². The van der Waals surface area contributed by atoms with E-state index in [1.807, 2.05) is 48.5 Å². The van der Waals surface area contributed by atoms with Gasteiger partial charge in [-0.3, -0.25) is 14.6 Å². The number of benzene rings is 1. The third kappa shape index (κ3) is 3.04. The lowest BCUT2D eigenvalue weighted by molar-refractivity contribution is 0.0734. The molecule has 130 valence electrons. The van der Waals surface area contributed by atoms with Gasteiger partial charge in [-0.2, -0.15) is 0 Å². The third-order valence-corrected chi connectivity index (χ3v) is 4.78. The maximum atomic E-state index is 13.0. The van der Waals surface area contributed by atoms with Crippen LogP contribution in [0.15, 0.2) is 71.7 Å². The predicted octanol–water partition coefficient (Wildman–Crippen LogP) is 3.41. The molecule has 1 atom stereocenters. The lowest BCUT2D eigenvalue weighted by Gasteiger charge is -2.25. The van der Waals surface area contributed by atoms with Crippen LogP contribution in [0.1, 0.15) is 34.8 Å². The van der Waals surface area contributed by atoms with E-state index < -0.39 is 0 Å². The average molecular weight is 345 g/mol. The number of carbonyl (C=O) groups is 1. The van der Waals surface area contributed by atoms with Crippen LogP contribution in [0.5, 0.6) is 0 Å². The Kier molecular flexibility index (Phi) is 4.35. The lowest BCUT2D eigenvalue weighted by Crippen LogP contribution is -2.34. The van der Waals surface area contributed by atoms with E-state index in [1.165, 1.54) is 0 Å². The molecule has 0 radical (unpaired) electrons. The molecule has 0 aliphatic carbocycles. The van der Waals surface area contributed by atoms with E-state index in [4.69, 9.17) is 0 Å². The van der Waals surface area contributed by atoms with E-state index in [1.54, 1.807) is 23.2 Å². The minimum Gasteiger partial charge on any atom is -0.331 e. The Morgan fingerprint density at radius 3 is 2.58 bits per heavy atom. The highest BCUT2D eigenvalue weighted by molar-refractivity contribution is 5.94. The number of aromatic amines is 1. The minimum absolute atomic E-state index is 0.0265. The smallest absolute Gasteiger partial charge is 0.261 e. The molecule has 26 heavy (non-hydrogen) atoms. The molecule has 1 saturated heterocycles. The number of hydrogen-bond donors (Lipinski definition) is 1. The van der Waals surface area contributed by atoms with Gasteiger partial charge in [-0.15, -0.1) is 0 Å². The third-order valence-electron chi connectivity index (χ3n) is 4.78. The zero-order valence-electron chi connectivity index (χ0n) is 14.3. The lowest BCUT2D eigenvalue weighted by atomic mass is 10.0. The van der Waals surface area contributed by atoms with Gasteiger partial charge in [0.2, 0.25) is 0 Å². The van der Waals surface area contributed by atoms with Gasteiger partial charge in [0.05, 0.1) is 17.4 Å². The number of nitrogens with zero attached hydrogens (tertiary/aromatic N) is 2. The normalized spacial score (nSPS) is 16.6. The van der Waals surface area contributed by atoms with Crippen molar-refractivity contribution in [2.24, 2.45) is 0 Å². The molecule has 1 aromatic carbocycles. The van der Waals surface area contributed by atoms with Crippen molar-refractivity contribution in [1.29, 1.82) is 0 Å². The summed E-state index contributed by atoms with van der Waals surface area (Å²) < 4.78 is 0. The molecule has 1 N–H and O–H groups in total. The van der Waals surface area contributed by atoms with E-state index in [2.05, 4.69) is 9.97 Å². The molecule has 1 fully saturated rings. The number of aromatic nitrogens is 2. The van der Waals surface area contributed by atoms with Gasteiger partial charge >= 0.3 is 0 Å². The Morgan fingerprint density at radius 1 is 1.04 bits per heavy atom. The Hall–Kier alpha value is -3.21. The maximum Gasteiger partial charge on any atom is 0.261 e. The second-order valence-electron chi connectivity index (χ2n) is 6.40. The summed E-state index contributed by atoms with van der Waals surface area (Å²) in [6.45, 7) is 0.666. The van der Waals surface area contributed by atoms with Crippen LogP contribution in [0.3, 0.4) is 0 Å². The van der Waals surface area contributed by atoms with Crippen molar-refractivity contribution in [2.45, 2.75) is 18.9 Å². The monoisotopic (exact) mass is 345 g/mol. The Bertz CT molecular complexity index is 967. The summed E-state index contributed by atoms with van der Waals surface area (Å²) in [5.74, 6) is -0.217. The Labute approximate surface area is 151 Å². The van der Waals surface area contributed by atoms with Crippen LogP contribution in [-0.4, -0.2) is 27.3 Å². The summed E-state index contributed by atoms with van der Waals surface area (Å²) in [6, 6.07) is 18.8. The topological polar surface area (TPSA) is 66.1 Å². The molecular weight excluding hydrogens is 326 g/mol. The van der Waals surface area contributed by atoms with Gasteiger partial charge in [-0.05, 0) is 42.7 Å². The van der Waals surface area contributed by atoms with Crippen LogP contribution in [0.25, 0.3) is 11.4 Å². The number of H-pyrrole nitrogens is 1. The minimum atomic E-state index is -0.378. The summed E-state index contributed by atoms with van der Waals surface area (Å²) in [6.07, 6.45) is 3.52. The van der Waals surface area contributed by atoms with Crippen LogP contribution < -0.4 is 5.56 Å². The van der Waals surface area contributed by atoms with Crippen molar-refractivity contribution in [3.8, 4) is 11.4 Å². The first-order valence-corrected chi connectivity index (χ1v) is 8.75. The van der Waals surface area contributed by atoms with Crippen LogP contribution in [0.4, 0.5) is 0 Å². The van der Waals surface area contributed by atoms with Crippen LogP contribution in [-0.2, 0) is 0 Å². The molecule has 1 aliphatic rings. The maximum absolute atomic E-state index is 13.0. The fourth-order valence-corrected chi connectivity index (χ4v) is 3.50. The van der Waals surface area contributed by atoms with Crippen molar-refractivity contribution in [2.75, 3.05) is 6.54 Å². The summed E-state index contributed by atoms with van der Waals surface area (Å²) in [4.78, 5) is 34.3. The average Bonchev–Trinajstić information content (AvgIpc) is 3.19. The molecule has 2 aromatic heterocycles. The second kappa shape index (κ2) is 6.96. The molecule has 5 nitrogen and oxygen atoms in total. The van der Waals surface area contributed by atoms with Crippen LogP contribution in [0.2, 0.25) is 0 Å². The molecule has 0 spiro atoms. The molecule has 5 heteroatoms. The molecule has 0 bridgehead atoms. The van der Waals surface area contributed by atoms with Gasteiger partial charge < -0.3 is 9.88 Å². The van der Waals surface area contributed by atoms with E-state index in [0.717, 1.165) is 18.4 Å². The quantitative estimate of drug-likeness (QED) is 0.791. The molecule has 1 unspecified atom stereocenters. The number of likely N-dealkylation sites (tertiary alicyclic amines) is 1. The number of pyridine rings is 2. The van der Waals surface area contributed by atoms with Crippen molar-refractivity contribution < 1.29 is 4.79 Å². The van der Waals surface area contributed by atoms with Gasteiger partial charge in [0, 0.05) is 12.7 Å². The highest BCUT2D eigenvalue weighted by Gasteiger charge is 2.31. The van der Waals surface area contributed by atoms with Crippen LogP contribution >= 0.6 is 0 Å². The molecule has 1 aliphatic heterocycles. The highest BCUT2D eigenvalue weighted by Crippen LogP contribution is 2.32. The molecule has 0 saturated carbocycles. The highest BCUT2D eigenvalue weighted by atomic mass is 16.2. The fraction of sp³-hybridized carbons (Fsp3) is 0.190. The number of nitrogens with one attached hydrogen (secondary N) is 1. The van der Waals surface area contributed by atoms with Gasteiger partial charge in [0.1, 0.15) is 5.56 Å². The number of hydrogen-bond acceptors (Lipinski definition) is 3. The summed E-state index contributed by atoms with van der Waals surface area (Å²) in [7, 11) is 0. The first-order chi connectivity index (χ1) is 12.7. The van der Waals surface area contributed by atoms with Crippen molar-refractivity contribution >= 4 is 5.91 Å². The second-order valence-corrected chi connectivity index (χ2v) is 6.40. The fourth-order valence-electron chi connectivity index (χ4n) is 3.50. The SMILES string of the molecule is O=C(c1ccc(-c2ccccn2)[nH]c1=O)N1CCCC1c1ccccc1. The number of rotatable bonds is 3. The summed E-state index contributed by atoms with van der Waals surface area (Å²) in [5, 5.41) is 0. The van der Waals surface area contributed by atoms with E-state index in [9.17, 15) is 9.59 Å². The first-order valence-electron chi connectivity index (χ1n) is 8.75. The summed E-state index contributed by atoms with van der Waals surface area (Å²) in [5.41, 5.74) is 2.18. The molecular formula is C21H19N3O2. The van der Waals surface area contributed by atoms with Crippen molar-refractivity contribution in [3.63, 3.8) is 0 Å². The van der Waals surface area contributed by atoms with Crippen LogP contribution in [0, 0.1) is 0 Å². The Balaban J connectivity index is 1.63. The van der Waals surface area contributed by atoms with Gasteiger partial charge in [-0.25, -0.2) is 0 Å². The number of carbonyl (C=O) groups excluding carboxylic acids is 1. The predicted molar refractivity (Wildman–Crippen MR) is 99.7 cm³/mol. The zero-order valence-corrected chi connectivity index (χ0v) is 14.3. The summed E-state index contributed by atoms with van der Waals surface area (Å²) >= 11 is 0. The molecule has 1 amide bonds. The van der Waals surface area contributed by atoms with Gasteiger partial charge in [0.25, 0.3) is 11.5 Å². The largest absolute Gasteiger partial charge is 0.331 e. The van der Waals surface area contributed by atoms with E-state index >= 15 is 0 Å². The zero-order chi connectivity index (χ0) is 17.9. The van der Waals surface area contributed by atoms with Crippen molar-refractivity contribution in [3.05, 3.63) is 88.3 Å². The van der Waals surface area contributed by atoms with Crippen molar-refractivity contribution in [1.82, 2.24) is 14.9 Å². The first kappa shape index (κ1) is 16.3. The number of amides is 1. The Morgan fingerprint density at radius 2 is 1.85 bits per heavy atom. The van der Waals surface area contributed by atoms with Gasteiger partial charge in [0.15, 0.2) is 0 Å². The van der Waals surface area contributed by atoms with E-state index in [-0.39, 0.29) is 23.1 Å². The molecule has 3 aromatic rings.